The Labute approximate surface area is 138 Å². The molecule has 0 heterocycles. The smallest absolute Gasteiger partial charge is 0.0810 e. The van der Waals surface area contributed by atoms with Gasteiger partial charge in [0.1, 0.15) is 0 Å². The van der Waals surface area contributed by atoms with Gasteiger partial charge in [-0.1, -0.05) is 10.2 Å². The van der Waals surface area contributed by atoms with Crippen molar-refractivity contribution in [3.05, 3.63) is 20.9 Å². The Morgan fingerprint density at radius 3 is 1.44 bits per heavy atom. The first-order valence-corrected chi connectivity index (χ1v) is 11.6. The lowest BCUT2D eigenvalue weighted by Crippen LogP contribution is -2.13. The molecule has 0 aromatic rings. The third-order valence-corrected chi connectivity index (χ3v) is 1.78. The lowest BCUT2D eigenvalue weighted by atomic mass is 10.4. The van der Waals surface area contributed by atoms with E-state index in [0.29, 0.717) is 0 Å². The van der Waals surface area contributed by atoms with Gasteiger partial charge in [0, 0.05) is 58.8 Å². The van der Waals surface area contributed by atoms with Crippen LogP contribution in [0.2, 0.25) is 0 Å². The van der Waals surface area contributed by atoms with Crippen LogP contribution in [0.5, 0.6) is 0 Å². The van der Waals surface area contributed by atoms with Crippen molar-refractivity contribution in [3.8, 4) is 0 Å². The number of hydrogen-bond acceptors (Lipinski definition) is 4. The van der Waals surface area contributed by atoms with Gasteiger partial charge in [0.15, 0.2) is 0 Å². The predicted octanol–water partition coefficient (Wildman–Crippen LogP) is 3.56. The topological polar surface area (TPSA) is 138 Å². The first kappa shape index (κ1) is 23.7. The Morgan fingerprint density at radius 1 is 0.944 bits per heavy atom. The number of halogens is 4. The van der Waals surface area contributed by atoms with E-state index in [4.69, 9.17) is 44.5 Å². The maximum atomic E-state index is 8.78. The summed E-state index contributed by atoms with van der Waals surface area (Å²) >= 11 is 14.5. The van der Waals surface area contributed by atoms with E-state index in [1.807, 2.05) is 0 Å². The molecule has 2 N–H and O–H groups in total. The van der Waals surface area contributed by atoms with Crippen molar-refractivity contribution in [1.29, 1.82) is 0 Å². The average Bonchev–Trinajstić information content (AvgIpc) is 2.44. The summed E-state index contributed by atoms with van der Waals surface area (Å²) < 4.78 is 0. The second-order valence-corrected chi connectivity index (χ2v) is 3.06. The van der Waals surface area contributed by atoms with Crippen LogP contribution in [0.3, 0.4) is 0 Å². The second kappa shape index (κ2) is 22.7. The molecular weight excluding hydrogens is 513 g/mol. The SMILES string of the molecule is II.OC(CCl)CCl.[N-]=[N+]=NCC(O)CN=[N+]=[N-]. The summed E-state index contributed by atoms with van der Waals surface area (Å²) in [4.78, 5) is 4.83. The molecule has 0 aromatic heterocycles. The zero-order valence-electron chi connectivity index (χ0n) is 9.07. The summed E-state index contributed by atoms with van der Waals surface area (Å²) in [5.74, 6) is 0.451. The minimum absolute atomic E-state index is 0.0600. The summed E-state index contributed by atoms with van der Waals surface area (Å²) in [6.45, 7) is -0.120. The summed E-state index contributed by atoms with van der Waals surface area (Å²) in [7, 11) is 0. The zero-order chi connectivity index (χ0) is 14.8. The highest BCUT2D eigenvalue weighted by Gasteiger charge is 1.97. The fourth-order valence-corrected chi connectivity index (χ4v) is 0.690. The van der Waals surface area contributed by atoms with E-state index >= 15 is 0 Å². The van der Waals surface area contributed by atoms with Crippen molar-refractivity contribution >= 4 is 60.4 Å². The molecule has 0 atom stereocenters. The van der Waals surface area contributed by atoms with Gasteiger partial charge in [-0.05, 0) is 11.1 Å². The minimum atomic E-state index is -0.869. The monoisotopic (exact) mass is 524 g/mol. The van der Waals surface area contributed by atoms with Gasteiger partial charge in [-0.15, -0.1) is 23.2 Å². The van der Waals surface area contributed by atoms with Crippen LogP contribution in [0.4, 0.5) is 0 Å². The Bertz CT molecular complexity index is 238. The maximum absolute atomic E-state index is 8.78. The highest BCUT2D eigenvalue weighted by atomic mass is 128. The number of hydrogen-bond donors (Lipinski definition) is 2. The molecule has 0 aliphatic heterocycles. The van der Waals surface area contributed by atoms with E-state index in [9.17, 15) is 0 Å². The normalized spacial score (nSPS) is 9.72. The van der Waals surface area contributed by atoms with Crippen LogP contribution < -0.4 is 0 Å². The van der Waals surface area contributed by atoms with Gasteiger partial charge in [0.2, 0.25) is 0 Å². The fraction of sp³-hybridized carbons (Fsp3) is 1.00. The molecule has 0 aliphatic carbocycles. The molecule has 0 saturated heterocycles. The minimum Gasteiger partial charge on any atom is -0.393 e. The second-order valence-electron chi connectivity index (χ2n) is 2.44. The van der Waals surface area contributed by atoms with Crippen molar-refractivity contribution in [2.24, 2.45) is 10.2 Å². The molecule has 0 saturated carbocycles. The number of aliphatic hydroxyl groups excluding tert-OH is 2. The van der Waals surface area contributed by atoms with Crippen molar-refractivity contribution in [2.75, 3.05) is 24.8 Å². The Balaban J connectivity index is -0.000000241. The number of nitrogens with zero attached hydrogens (tertiary/aromatic N) is 6. The van der Waals surface area contributed by atoms with Gasteiger partial charge in [-0.25, -0.2) is 0 Å². The first-order chi connectivity index (χ1) is 8.62. The molecule has 0 radical (unpaired) electrons. The molecule has 0 bridgehead atoms. The van der Waals surface area contributed by atoms with Crippen molar-refractivity contribution in [3.63, 3.8) is 0 Å². The quantitative estimate of drug-likeness (QED) is 0.180. The lowest BCUT2D eigenvalue weighted by Gasteiger charge is -1.98. The van der Waals surface area contributed by atoms with Gasteiger partial charge >= 0.3 is 0 Å². The molecule has 12 heteroatoms. The van der Waals surface area contributed by atoms with Gasteiger partial charge in [-0.3, -0.25) is 0 Å². The molecule has 0 amide bonds. The van der Waals surface area contributed by atoms with Crippen molar-refractivity contribution in [1.82, 2.24) is 0 Å². The van der Waals surface area contributed by atoms with Gasteiger partial charge < -0.3 is 10.2 Å². The maximum Gasteiger partial charge on any atom is 0.0810 e. The summed E-state index contributed by atoms with van der Waals surface area (Å²) in [6, 6.07) is 0. The summed E-state index contributed by atoms with van der Waals surface area (Å²) in [6.07, 6.45) is -1.40. The van der Waals surface area contributed by atoms with Crippen LogP contribution >= 0.6 is 60.4 Å². The molecule has 0 rings (SSSR count). The van der Waals surface area contributed by atoms with E-state index in [2.05, 4.69) is 57.3 Å². The number of alkyl halides is 2. The average molecular weight is 525 g/mol. The molecule has 106 valence electrons. The molecule has 0 aliphatic rings. The van der Waals surface area contributed by atoms with Gasteiger partial charge in [0.25, 0.3) is 0 Å². The van der Waals surface area contributed by atoms with Crippen LogP contribution in [-0.2, 0) is 0 Å². The summed E-state index contributed by atoms with van der Waals surface area (Å²) in [5.41, 5.74) is 15.6. The molecule has 0 spiro atoms. The van der Waals surface area contributed by atoms with Crippen molar-refractivity contribution < 1.29 is 10.2 Å². The Morgan fingerprint density at radius 2 is 1.28 bits per heavy atom. The standard InChI is InChI=1S/C3H6Cl2O.C3H6N6O.I2/c4-1-3(6)2-5;4-8-6-1-3(10)2-7-9-5;1-2/h3,6H,1-2H2;3,10H,1-2H2;. The Hall–Kier alpha value is 0.580. The summed E-state index contributed by atoms with van der Waals surface area (Å²) in [5, 5.41) is 23.3. The number of rotatable bonds is 6. The molecule has 0 unspecified atom stereocenters. The predicted molar refractivity (Wildman–Crippen MR) is 89.5 cm³/mol. The van der Waals surface area contributed by atoms with Crippen LogP contribution in [-0.4, -0.2) is 47.3 Å². The molecule has 0 aromatic carbocycles. The van der Waals surface area contributed by atoms with Crippen LogP contribution in [0, 0.1) is 0 Å². The fourth-order valence-electron chi connectivity index (χ4n) is 0.361. The molecular formula is C6H12Cl2I2N6O2. The van der Waals surface area contributed by atoms with Crippen LogP contribution in [0.25, 0.3) is 20.9 Å². The van der Waals surface area contributed by atoms with E-state index < -0.39 is 12.2 Å². The van der Waals surface area contributed by atoms with Crippen molar-refractivity contribution in [2.45, 2.75) is 12.2 Å². The van der Waals surface area contributed by atoms with Crippen LogP contribution in [0.15, 0.2) is 10.2 Å². The lowest BCUT2D eigenvalue weighted by molar-refractivity contribution is 0.191. The highest BCUT2D eigenvalue weighted by molar-refractivity contribution is 15.0. The molecule has 18 heavy (non-hydrogen) atoms. The van der Waals surface area contributed by atoms with Crippen LogP contribution in [0.1, 0.15) is 0 Å². The number of aliphatic hydroxyl groups is 2. The van der Waals surface area contributed by atoms with E-state index in [1.165, 1.54) is 0 Å². The molecule has 8 nitrogen and oxygen atoms in total. The van der Waals surface area contributed by atoms with E-state index in [1.54, 1.807) is 0 Å². The Kier molecular flexibility index (Phi) is 29.9. The number of azide groups is 2. The first-order valence-electron chi connectivity index (χ1n) is 4.26. The van der Waals surface area contributed by atoms with Gasteiger partial charge in [-0.2, -0.15) is 0 Å². The third kappa shape index (κ3) is 25.4. The largest absolute Gasteiger partial charge is 0.393 e. The van der Waals surface area contributed by atoms with Gasteiger partial charge in [0.05, 0.1) is 25.3 Å². The third-order valence-electron chi connectivity index (χ3n) is 1.07. The molecule has 0 fully saturated rings. The van der Waals surface area contributed by atoms with E-state index in [0.717, 1.165) is 0 Å². The highest BCUT2D eigenvalue weighted by Crippen LogP contribution is 1.89. The zero-order valence-corrected chi connectivity index (χ0v) is 14.9. The van der Waals surface area contributed by atoms with E-state index in [-0.39, 0.29) is 24.8 Å².